The van der Waals surface area contributed by atoms with Crippen LogP contribution < -0.4 is 10.6 Å². The van der Waals surface area contributed by atoms with Gasteiger partial charge in [0.05, 0.1) is 11.2 Å². The second-order valence-corrected chi connectivity index (χ2v) is 6.55. The first-order valence-corrected chi connectivity index (χ1v) is 8.77. The molecule has 2 N–H and O–H groups in total. The molecule has 2 fully saturated rings. The number of aromatic nitrogens is 1. The van der Waals surface area contributed by atoms with Crippen molar-refractivity contribution in [1.82, 2.24) is 20.5 Å². The van der Waals surface area contributed by atoms with Gasteiger partial charge in [-0.05, 0) is 13.5 Å². The molecule has 2 saturated heterocycles. The van der Waals surface area contributed by atoms with Crippen LogP contribution in [0.5, 0.6) is 0 Å². The number of nitrogens with one attached hydrogen (secondary N) is 2. The summed E-state index contributed by atoms with van der Waals surface area (Å²) in [4.78, 5) is 42.2. The Morgan fingerprint density at radius 1 is 1.60 bits per heavy atom. The van der Waals surface area contributed by atoms with Crippen molar-refractivity contribution >= 4 is 29.2 Å². The zero-order chi connectivity index (χ0) is 17.1. The average molecular weight is 440 g/mol. The van der Waals surface area contributed by atoms with Gasteiger partial charge in [-0.1, -0.05) is 6.42 Å². The summed E-state index contributed by atoms with van der Waals surface area (Å²) in [6.45, 7) is 4.14. The van der Waals surface area contributed by atoms with Gasteiger partial charge in [-0.15, -0.1) is 11.3 Å². The van der Waals surface area contributed by atoms with Crippen molar-refractivity contribution in [3.63, 3.8) is 0 Å². The van der Waals surface area contributed by atoms with E-state index in [0.29, 0.717) is 13.0 Å². The van der Waals surface area contributed by atoms with Crippen LogP contribution in [0.1, 0.15) is 25.5 Å². The van der Waals surface area contributed by atoms with E-state index in [2.05, 4.69) is 15.6 Å². The van der Waals surface area contributed by atoms with Crippen LogP contribution in [0.3, 0.4) is 0 Å². The monoisotopic (exact) mass is 440 g/mol. The predicted octanol–water partition coefficient (Wildman–Crippen LogP) is 0.449. The molecule has 3 heterocycles. The predicted molar refractivity (Wildman–Crippen MR) is 85.9 cm³/mol. The maximum absolute atomic E-state index is 12.7. The number of amides is 3. The molecule has 0 saturated carbocycles. The SMILES string of the molecule is C[C@@H]1OC(=O)NC1C(=O)N[C@@H](Cc1cscn1)C(=O)N1[CH-]CCC1.[Y]. The van der Waals surface area contributed by atoms with Gasteiger partial charge in [0.15, 0.2) is 0 Å². The summed E-state index contributed by atoms with van der Waals surface area (Å²) < 4.78 is 4.92. The summed E-state index contributed by atoms with van der Waals surface area (Å²) in [5.41, 5.74) is 2.44. The normalized spacial score (nSPS) is 23.4. The molecule has 3 atom stereocenters. The Morgan fingerprint density at radius 3 is 2.96 bits per heavy atom. The molecular weight excluding hydrogens is 421 g/mol. The summed E-state index contributed by atoms with van der Waals surface area (Å²) in [6.07, 6.45) is 0.886. The number of hydrogen-bond acceptors (Lipinski definition) is 6. The van der Waals surface area contributed by atoms with Crippen molar-refractivity contribution in [3.05, 3.63) is 23.1 Å². The van der Waals surface area contributed by atoms with Crippen LogP contribution in [0.2, 0.25) is 0 Å². The Balaban J connectivity index is 0.00000225. The molecule has 1 radical (unpaired) electrons. The van der Waals surface area contributed by atoms with Gasteiger partial charge in [-0.2, -0.15) is 6.42 Å². The third-order valence-electron chi connectivity index (χ3n) is 4.07. The molecule has 10 heteroatoms. The van der Waals surface area contributed by atoms with Crippen LogP contribution in [0.25, 0.3) is 0 Å². The standard InChI is InChI=1S/C15H19N4O4S.Y/c1-9-12(18-15(22)23-9)13(20)17-11(6-10-7-24-8-16-10)14(21)19-4-2-3-5-19;/h4,7-9,11-12H,2-3,5-6H2,1H3,(H,17,20)(H,18,22);/q-1;/t9-,11-,12?;/m0./s1. The smallest absolute Gasteiger partial charge is 0.408 e. The zero-order valence-corrected chi connectivity index (χ0v) is 17.5. The number of likely N-dealkylation sites (tertiary alicyclic amines) is 1. The van der Waals surface area contributed by atoms with Crippen molar-refractivity contribution in [2.24, 2.45) is 0 Å². The fraction of sp³-hybridized carbons (Fsp3) is 0.533. The number of ether oxygens (including phenoxy) is 1. The van der Waals surface area contributed by atoms with Gasteiger partial charge in [0.2, 0.25) is 11.8 Å². The number of carbonyl (C=O) groups is 3. The van der Waals surface area contributed by atoms with Crippen LogP contribution in [-0.2, 0) is 53.5 Å². The number of cyclic esters (lactones) is 1. The minimum atomic E-state index is -0.800. The van der Waals surface area contributed by atoms with Crippen LogP contribution in [0.15, 0.2) is 10.9 Å². The van der Waals surface area contributed by atoms with Crippen molar-refractivity contribution in [3.8, 4) is 0 Å². The molecule has 1 unspecified atom stereocenters. The summed E-state index contributed by atoms with van der Waals surface area (Å²) in [5.74, 6) is -0.590. The van der Waals surface area contributed by atoms with Crippen molar-refractivity contribution in [2.75, 3.05) is 6.54 Å². The fourth-order valence-corrected chi connectivity index (χ4v) is 3.37. The Kier molecular flexibility index (Phi) is 7.33. The maximum Gasteiger partial charge on any atom is 0.408 e. The first-order chi connectivity index (χ1) is 11.5. The fourth-order valence-electron chi connectivity index (χ4n) is 2.80. The summed E-state index contributed by atoms with van der Waals surface area (Å²) in [5, 5.41) is 7.05. The molecule has 0 bridgehead atoms. The molecule has 3 rings (SSSR count). The van der Waals surface area contributed by atoms with Crippen LogP contribution in [0.4, 0.5) is 4.79 Å². The Hall–Kier alpha value is -1.06. The molecule has 0 aromatic carbocycles. The number of alkyl carbamates (subject to hydrolysis) is 1. The van der Waals surface area contributed by atoms with E-state index in [1.807, 2.05) is 11.9 Å². The minimum Gasteiger partial charge on any atom is -0.491 e. The third kappa shape index (κ3) is 4.98. The van der Waals surface area contributed by atoms with Gasteiger partial charge in [-0.3, -0.25) is 9.59 Å². The zero-order valence-electron chi connectivity index (χ0n) is 13.8. The van der Waals surface area contributed by atoms with Crippen LogP contribution >= 0.6 is 11.3 Å². The molecule has 25 heavy (non-hydrogen) atoms. The summed E-state index contributed by atoms with van der Waals surface area (Å²) in [6, 6.07) is -1.52. The Morgan fingerprint density at radius 2 is 2.40 bits per heavy atom. The summed E-state index contributed by atoms with van der Waals surface area (Å²) in [7, 11) is 0. The van der Waals surface area contributed by atoms with Gasteiger partial charge < -0.3 is 20.3 Å². The van der Waals surface area contributed by atoms with Gasteiger partial charge in [0.25, 0.3) is 0 Å². The van der Waals surface area contributed by atoms with Crippen LogP contribution in [-0.4, -0.2) is 52.5 Å². The third-order valence-corrected chi connectivity index (χ3v) is 4.70. The van der Waals surface area contributed by atoms with E-state index in [0.717, 1.165) is 18.5 Å². The largest absolute Gasteiger partial charge is 0.491 e. The van der Waals surface area contributed by atoms with Crippen molar-refractivity contribution < 1.29 is 51.8 Å². The number of nitrogens with zero attached hydrogens (tertiary/aromatic N) is 2. The van der Waals surface area contributed by atoms with Gasteiger partial charge in [-0.25, -0.2) is 16.3 Å². The second-order valence-electron chi connectivity index (χ2n) is 5.83. The van der Waals surface area contributed by atoms with Gasteiger partial charge >= 0.3 is 6.09 Å². The molecule has 133 valence electrons. The molecule has 1 aromatic rings. The van der Waals surface area contributed by atoms with E-state index in [1.165, 1.54) is 11.3 Å². The van der Waals surface area contributed by atoms with E-state index >= 15 is 0 Å². The molecule has 2 aliphatic rings. The van der Waals surface area contributed by atoms with Crippen molar-refractivity contribution in [1.29, 1.82) is 0 Å². The number of thiazole rings is 1. The van der Waals surface area contributed by atoms with Crippen molar-refractivity contribution in [2.45, 2.75) is 44.4 Å². The van der Waals surface area contributed by atoms with E-state index in [-0.39, 0.29) is 38.6 Å². The van der Waals surface area contributed by atoms with Gasteiger partial charge in [0, 0.05) is 44.5 Å². The second kappa shape index (κ2) is 9.05. The first-order valence-electron chi connectivity index (χ1n) is 7.83. The average Bonchev–Trinajstić information content (AvgIpc) is 3.27. The Labute approximate surface area is 175 Å². The van der Waals surface area contributed by atoms with E-state index in [4.69, 9.17) is 4.74 Å². The molecular formula is C15H19N4O4SY-. The molecule has 1 aromatic heterocycles. The molecule has 2 aliphatic heterocycles. The number of carbonyl (C=O) groups excluding carboxylic acids is 3. The van der Waals surface area contributed by atoms with E-state index in [1.54, 1.807) is 17.3 Å². The molecule has 0 spiro atoms. The topological polar surface area (TPSA) is 101 Å². The summed E-state index contributed by atoms with van der Waals surface area (Å²) >= 11 is 1.44. The minimum absolute atomic E-state index is 0. The van der Waals surface area contributed by atoms with Crippen LogP contribution in [0, 0.1) is 6.54 Å². The molecule has 3 amide bonds. The van der Waals surface area contributed by atoms with E-state index < -0.39 is 30.2 Å². The number of hydrogen-bond donors (Lipinski definition) is 2. The molecule has 0 aliphatic carbocycles. The quantitative estimate of drug-likeness (QED) is 0.648. The molecule has 8 nitrogen and oxygen atoms in total. The first kappa shape index (κ1) is 20.3. The number of rotatable bonds is 5. The van der Waals surface area contributed by atoms with Gasteiger partial charge in [0.1, 0.15) is 18.2 Å². The van der Waals surface area contributed by atoms with E-state index in [9.17, 15) is 14.4 Å². The maximum atomic E-state index is 12.7. The Bertz CT molecular complexity index is 621.